The predicted octanol–water partition coefficient (Wildman–Crippen LogP) is -0.834. The quantitative estimate of drug-likeness (QED) is 0.330. The summed E-state index contributed by atoms with van der Waals surface area (Å²) >= 11 is 1.36. The number of fused-ring (bicyclic) bond motifs is 1. The molecule has 0 aromatic carbocycles. The van der Waals surface area contributed by atoms with Crippen molar-refractivity contribution < 1.29 is 24.3 Å². The average molecular weight is 392 g/mol. The van der Waals surface area contributed by atoms with Gasteiger partial charge in [0.1, 0.15) is 30.0 Å². The van der Waals surface area contributed by atoms with Crippen LogP contribution in [0.25, 0.3) is 0 Å². The molecule has 2 unspecified atom stereocenters. The van der Waals surface area contributed by atoms with E-state index in [1.807, 2.05) is 6.92 Å². The van der Waals surface area contributed by atoms with Crippen molar-refractivity contribution in [2.45, 2.75) is 23.6 Å². The van der Waals surface area contributed by atoms with E-state index in [0.29, 0.717) is 0 Å². The maximum atomic E-state index is 12.6. The molecular formula is C15H16N6O5S. The van der Waals surface area contributed by atoms with Crippen molar-refractivity contribution in [1.82, 2.24) is 20.2 Å². The van der Waals surface area contributed by atoms with Gasteiger partial charge in [-0.2, -0.15) is 0 Å². The standard InChI is InChI=1S/C15H16N6O5S/c1-6-5-7(15(24)25)21-13(23)10(14(21)27-6)19-12(22)9(20-26-2)11-17-4-3-8(16)18-11/h3-6,10,14H,1-2H3,(H,19,22)(H,24,25)(H2,16,17,18)/t6?,10?,14-/m0/s1. The normalized spacial score (nSPS) is 24.4. The molecule has 12 heteroatoms. The van der Waals surface area contributed by atoms with Crippen LogP contribution in [0.1, 0.15) is 12.7 Å². The lowest BCUT2D eigenvalue weighted by molar-refractivity contribution is -0.150. The second kappa shape index (κ2) is 7.23. The van der Waals surface area contributed by atoms with E-state index in [0.717, 1.165) is 4.90 Å². The third-order valence-corrected chi connectivity index (χ3v) is 5.17. The highest BCUT2D eigenvalue weighted by Crippen LogP contribution is 2.40. The highest BCUT2D eigenvalue weighted by atomic mass is 32.2. The number of oxime groups is 1. The summed E-state index contributed by atoms with van der Waals surface area (Å²) in [4.78, 5) is 50.0. The van der Waals surface area contributed by atoms with Crippen LogP contribution in [-0.4, -0.2) is 67.2 Å². The number of hydrogen-bond acceptors (Lipinski definition) is 9. The SMILES string of the molecule is CON=C(C(=O)NC1C(=O)N2C(C(=O)O)=CC(C)S[C@@H]12)c1nccc(N)n1. The van der Waals surface area contributed by atoms with Crippen LogP contribution >= 0.6 is 11.8 Å². The summed E-state index contributed by atoms with van der Waals surface area (Å²) in [5.41, 5.74) is 5.25. The van der Waals surface area contributed by atoms with Crippen LogP contribution in [0.5, 0.6) is 0 Å². The van der Waals surface area contributed by atoms with Gasteiger partial charge in [0.25, 0.3) is 11.8 Å². The Labute approximate surface area is 157 Å². The molecule has 0 aliphatic carbocycles. The maximum absolute atomic E-state index is 12.6. The van der Waals surface area contributed by atoms with Gasteiger partial charge < -0.3 is 21.0 Å². The fourth-order valence-corrected chi connectivity index (χ4v) is 4.03. The Morgan fingerprint density at radius 3 is 2.85 bits per heavy atom. The number of amides is 2. The number of nitrogens with two attached hydrogens (primary N) is 1. The van der Waals surface area contributed by atoms with E-state index in [1.165, 1.54) is 37.2 Å². The van der Waals surface area contributed by atoms with E-state index in [4.69, 9.17) is 5.73 Å². The van der Waals surface area contributed by atoms with Gasteiger partial charge in [0.05, 0.1) is 0 Å². The van der Waals surface area contributed by atoms with Gasteiger partial charge >= 0.3 is 5.97 Å². The lowest BCUT2D eigenvalue weighted by Crippen LogP contribution is -2.71. The van der Waals surface area contributed by atoms with Crippen LogP contribution in [-0.2, 0) is 19.2 Å². The highest BCUT2D eigenvalue weighted by molar-refractivity contribution is 8.00. The molecule has 11 nitrogen and oxygen atoms in total. The molecule has 0 saturated carbocycles. The molecular weight excluding hydrogens is 376 g/mol. The smallest absolute Gasteiger partial charge is 0.352 e. The van der Waals surface area contributed by atoms with Crippen molar-refractivity contribution in [3.8, 4) is 0 Å². The molecule has 142 valence electrons. The number of aromatic nitrogens is 2. The molecule has 0 radical (unpaired) electrons. The van der Waals surface area contributed by atoms with Crippen molar-refractivity contribution in [1.29, 1.82) is 0 Å². The van der Waals surface area contributed by atoms with E-state index < -0.39 is 29.2 Å². The molecule has 3 rings (SSSR count). The Morgan fingerprint density at radius 2 is 2.22 bits per heavy atom. The number of carbonyl (C=O) groups excluding carboxylic acids is 2. The van der Waals surface area contributed by atoms with Crippen LogP contribution in [0, 0.1) is 0 Å². The zero-order valence-electron chi connectivity index (χ0n) is 14.3. The van der Waals surface area contributed by atoms with Crippen molar-refractivity contribution in [2.24, 2.45) is 5.16 Å². The number of rotatable bonds is 5. The van der Waals surface area contributed by atoms with Gasteiger partial charge in [-0.25, -0.2) is 14.8 Å². The van der Waals surface area contributed by atoms with Gasteiger partial charge in [-0.3, -0.25) is 14.5 Å². The van der Waals surface area contributed by atoms with E-state index in [1.54, 1.807) is 0 Å². The summed E-state index contributed by atoms with van der Waals surface area (Å²) in [7, 11) is 1.25. The Kier molecular flexibility index (Phi) is 4.99. The number of nitrogen functional groups attached to an aromatic ring is 1. The summed E-state index contributed by atoms with van der Waals surface area (Å²) in [6, 6.07) is 0.537. The lowest BCUT2D eigenvalue weighted by Gasteiger charge is -2.49. The number of nitrogens with zero attached hydrogens (tertiary/aromatic N) is 4. The average Bonchev–Trinajstić information content (AvgIpc) is 2.63. The van der Waals surface area contributed by atoms with Crippen LogP contribution in [0.3, 0.4) is 0 Å². The Balaban J connectivity index is 1.80. The van der Waals surface area contributed by atoms with Gasteiger partial charge in [-0.15, -0.1) is 11.8 Å². The van der Waals surface area contributed by atoms with Crippen LogP contribution in [0.15, 0.2) is 29.2 Å². The fraction of sp³-hybridized carbons (Fsp3) is 0.333. The number of β-lactam (4-membered cyclic amide) rings is 1. The molecule has 1 fully saturated rings. The molecule has 2 amide bonds. The first kappa shape index (κ1) is 18.6. The molecule has 0 spiro atoms. The predicted molar refractivity (Wildman–Crippen MR) is 95.3 cm³/mol. The number of carbonyl (C=O) groups is 3. The lowest BCUT2D eigenvalue weighted by atomic mass is 10.0. The topological polar surface area (TPSA) is 160 Å². The third-order valence-electron chi connectivity index (χ3n) is 3.84. The zero-order chi connectivity index (χ0) is 19.7. The number of nitrogens with one attached hydrogen (secondary N) is 1. The largest absolute Gasteiger partial charge is 0.477 e. The summed E-state index contributed by atoms with van der Waals surface area (Å²) in [5, 5.41) is 14.8. The second-order valence-corrected chi connectivity index (χ2v) is 7.17. The van der Waals surface area contributed by atoms with Crippen LogP contribution < -0.4 is 11.1 Å². The fourth-order valence-electron chi connectivity index (χ4n) is 2.70. The van der Waals surface area contributed by atoms with Gasteiger partial charge in [-0.05, 0) is 19.1 Å². The molecule has 1 aromatic heterocycles. The molecule has 3 heterocycles. The minimum atomic E-state index is -1.19. The van der Waals surface area contributed by atoms with Crippen molar-refractivity contribution in [3.05, 3.63) is 29.9 Å². The number of aliphatic carboxylic acids is 1. The number of hydrogen-bond donors (Lipinski definition) is 3. The first-order valence-electron chi connectivity index (χ1n) is 7.78. The first-order valence-corrected chi connectivity index (χ1v) is 8.72. The van der Waals surface area contributed by atoms with Crippen molar-refractivity contribution in [3.63, 3.8) is 0 Å². The second-order valence-electron chi connectivity index (χ2n) is 5.68. The molecule has 2 aliphatic rings. The molecule has 1 aromatic rings. The minimum Gasteiger partial charge on any atom is -0.477 e. The van der Waals surface area contributed by atoms with E-state index in [9.17, 15) is 19.5 Å². The number of carboxylic acid groups (broad SMARTS) is 1. The molecule has 27 heavy (non-hydrogen) atoms. The third kappa shape index (κ3) is 3.43. The number of thioether (sulfide) groups is 1. The van der Waals surface area contributed by atoms with Gasteiger partial charge in [0, 0.05) is 11.4 Å². The molecule has 2 aliphatic heterocycles. The van der Waals surface area contributed by atoms with Crippen LogP contribution in [0.2, 0.25) is 0 Å². The Morgan fingerprint density at radius 1 is 1.48 bits per heavy atom. The zero-order valence-corrected chi connectivity index (χ0v) is 15.1. The highest BCUT2D eigenvalue weighted by Gasteiger charge is 2.54. The summed E-state index contributed by atoms with van der Waals surface area (Å²) in [5.74, 6) is -2.38. The maximum Gasteiger partial charge on any atom is 0.352 e. The number of carboxylic acids is 1. The monoisotopic (exact) mass is 392 g/mol. The van der Waals surface area contributed by atoms with Crippen LogP contribution in [0.4, 0.5) is 5.82 Å². The number of anilines is 1. The summed E-state index contributed by atoms with van der Waals surface area (Å²) < 4.78 is 0. The summed E-state index contributed by atoms with van der Waals surface area (Å²) in [6.45, 7) is 1.81. The van der Waals surface area contributed by atoms with Crippen molar-refractivity contribution in [2.75, 3.05) is 12.8 Å². The molecule has 3 atom stereocenters. The van der Waals surface area contributed by atoms with E-state index in [-0.39, 0.29) is 28.3 Å². The Bertz CT molecular complexity index is 872. The first-order chi connectivity index (χ1) is 12.8. The van der Waals surface area contributed by atoms with Gasteiger partial charge in [-0.1, -0.05) is 5.16 Å². The van der Waals surface area contributed by atoms with Crippen molar-refractivity contribution >= 4 is 41.1 Å². The Hall–Kier alpha value is -3.15. The summed E-state index contributed by atoms with van der Waals surface area (Å²) in [6.07, 6.45) is 2.85. The molecule has 0 bridgehead atoms. The minimum absolute atomic E-state index is 0.0613. The van der Waals surface area contributed by atoms with Gasteiger partial charge in [0.2, 0.25) is 5.71 Å². The molecule has 1 saturated heterocycles. The van der Waals surface area contributed by atoms with E-state index >= 15 is 0 Å². The van der Waals surface area contributed by atoms with Gasteiger partial charge in [0.15, 0.2) is 5.82 Å². The molecule has 4 N–H and O–H groups in total. The van der Waals surface area contributed by atoms with E-state index in [2.05, 4.69) is 25.3 Å².